The van der Waals surface area contributed by atoms with Crippen LogP contribution in [0.25, 0.3) is 0 Å². The molecule has 1 saturated carbocycles. The van der Waals surface area contributed by atoms with E-state index in [0.717, 1.165) is 64.2 Å². The number of amides is 1. The Balaban J connectivity index is 0.00000113. The van der Waals surface area contributed by atoms with Gasteiger partial charge in [0.1, 0.15) is 0 Å². The fourth-order valence-electron chi connectivity index (χ4n) is 4.23. The van der Waals surface area contributed by atoms with Crippen molar-refractivity contribution >= 4 is 36.7 Å². The summed E-state index contributed by atoms with van der Waals surface area (Å²) in [6.07, 6.45) is 9.06. The average molecular weight is 388 g/mol. The Morgan fingerprint density at radius 3 is 2.68 bits per heavy atom. The number of carbonyl (C=O) groups is 1. The topological polar surface area (TPSA) is 70.2 Å². The van der Waals surface area contributed by atoms with Crippen LogP contribution in [0, 0.1) is 11.3 Å². The van der Waals surface area contributed by atoms with Gasteiger partial charge in [-0.2, -0.15) is 0 Å². The van der Waals surface area contributed by atoms with Gasteiger partial charge in [-0.15, -0.1) is 24.8 Å². The third-order valence-electron chi connectivity index (χ3n) is 5.71. The van der Waals surface area contributed by atoms with E-state index in [-0.39, 0.29) is 42.7 Å². The minimum atomic E-state index is 0. The third-order valence-corrected chi connectivity index (χ3v) is 5.71. The first kappa shape index (κ1) is 20.2. The van der Waals surface area contributed by atoms with E-state index in [1.54, 1.807) is 12.4 Å². The van der Waals surface area contributed by atoms with E-state index in [0.29, 0.717) is 5.41 Å². The van der Waals surface area contributed by atoms with Gasteiger partial charge < -0.3 is 15.5 Å². The lowest BCUT2D eigenvalue weighted by atomic mass is 9.91. The molecule has 25 heavy (non-hydrogen) atoms. The largest absolute Gasteiger partial charge is 0.351 e. The van der Waals surface area contributed by atoms with Crippen molar-refractivity contribution in [1.82, 2.24) is 20.6 Å². The zero-order valence-corrected chi connectivity index (χ0v) is 16.0. The highest BCUT2D eigenvalue weighted by Gasteiger charge is 2.57. The maximum atomic E-state index is 12.6. The molecule has 1 aromatic rings. The Kier molecular flexibility index (Phi) is 6.88. The number of piperidine rings is 2. The number of hydrogen-bond donors (Lipinski definition) is 2. The van der Waals surface area contributed by atoms with Gasteiger partial charge in [-0.25, -0.2) is 9.97 Å². The van der Waals surface area contributed by atoms with Crippen molar-refractivity contribution in [2.24, 2.45) is 11.3 Å². The predicted octanol–water partition coefficient (Wildman–Crippen LogP) is 1.79. The van der Waals surface area contributed by atoms with Gasteiger partial charge in [-0.05, 0) is 56.7 Å². The zero-order chi connectivity index (χ0) is 15.7. The third kappa shape index (κ3) is 4.36. The molecule has 3 heterocycles. The fourth-order valence-corrected chi connectivity index (χ4v) is 4.23. The number of nitrogens with one attached hydrogen (secondary N) is 2. The Morgan fingerprint density at radius 1 is 1.24 bits per heavy atom. The molecule has 2 aliphatic heterocycles. The molecule has 1 amide bonds. The SMILES string of the molecule is Cl.Cl.O=C(NC1CCCN(c2ncccn2)C1)C1CC12CCNCC2. The summed E-state index contributed by atoms with van der Waals surface area (Å²) in [5.41, 5.74) is 0.312. The van der Waals surface area contributed by atoms with Crippen molar-refractivity contribution in [1.29, 1.82) is 0 Å². The quantitative estimate of drug-likeness (QED) is 0.827. The lowest BCUT2D eigenvalue weighted by Crippen LogP contribution is -2.49. The molecule has 0 radical (unpaired) electrons. The highest BCUT2D eigenvalue weighted by Crippen LogP contribution is 2.58. The van der Waals surface area contributed by atoms with E-state index in [2.05, 4.69) is 25.5 Å². The maximum Gasteiger partial charge on any atom is 0.225 e. The minimum Gasteiger partial charge on any atom is -0.351 e. The Hall–Kier alpha value is -1.11. The normalized spacial score (nSPS) is 27.0. The van der Waals surface area contributed by atoms with Crippen LogP contribution in [0.3, 0.4) is 0 Å². The molecule has 6 nitrogen and oxygen atoms in total. The number of carbonyl (C=O) groups excluding carboxylic acids is 1. The second-order valence-corrected chi connectivity index (χ2v) is 7.21. The molecule has 2 unspecified atom stereocenters. The lowest BCUT2D eigenvalue weighted by Gasteiger charge is -2.33. The highest BCUT2D eigenvalue weighted by molar-refractivity contribution is 5.85. The molecule has 1 spiro atoms. The smallest absolute Gasteiger partial charge is 0.225 e. The molecular weight excluding hydrogens is 361 g/mol. The van der Waals surface area contributed by atoms with Crippen LogP contribution in [0.15, 0.2) is 18.5 Å². The lowest BCUT2D eigenvalue weighted by molar-refractivity contribution is -0.124. The van der Waals surface area contributed by atoms with Crippen LogP contribution in [0.4, 0.5) is 5.95 Å². The van der Waals surface area contributed by atoms with Crippen molar-refractivity contribution in [3.05, 3.63) is 18.5 Å². The number of anilines is 1. The van der Waals surface area contributed by atoms with Crippen molar-refractivity contribution in [3.63, 3.8) is 0 Å². The Morgan fingerprint density at radius 2 is 1.96 bits per heavy atom. The standard InChI is InChI=1S/C17H25N5O.2ClH/c23-15(14-11-17(14)4-8-18-9-5-17)21-13-3-1-10-22(12-13)16-19-6-2-7-20-16;;/h2,6-7,13-14,18H,1,3-5,8-12H2,(H,21,23);2*1H. The summed E-state index contributed by atoms with van der Waals surface area (Å²) < 4.78 is 0. The maximum absolute atomic E-state index is 12.6. The van der Waals surface area contributed by atoms with Gasteiger partial charge in [-0.1, -0.05) is 0 Å². The summed E-state index contributed by atoms with van der Waals surface area (Å²) in [4.78, 5) is 23.4. The first-order valence-electron chi connectivity index (χ1n) is 8.80. The summed E-state index contributed by atoms with van der Waals surface area (Å²) in [7, 11) is 0. The molecule has 1 aliphatic carbocycles. The number of nitrogens with zero attached hydrogens (tertiary/aromatic N) is 3. The monoisotopic (exact) mass is 387 g/mol. The molecule has 4 rings (SSSR count). The molecular formula is C17H27Cl2N5O. The van der Waals surface area contributed by atoms with E-state index < -0.39 is 0 Å². The molecule has 2 N–H and O–H groups in total. The van der Waals surface area contributed by atoms with Crippen molar-refractivity contribution in [2.45, 2.75) is 38.1 Å². The summed E-state index contributed by atoms with van der Waals surface area (Å²) in [6, 6.07) is 2.05. The van der Waals surface area contributed by atoms with Gasteiger partial charge in [0.25, 0.3) is 0 Å². The van der Waals surface area contributed by atoms with Gasteiger partial charge in [0.2, 0.25) is 11.9 Å². The highest BCUT2D eigenvalue weighted by atomic mass is 35.5. The van der Waals surface area contributed by atoms with Gasteiger partial charge >= 0.3 is 0 Å². The minimum absolute atomic E-state index is 0. The van der Waals surface area contributed by atoms with E-state index in [1.807, 2.05) is 6.07 Å². The summed E-state index contributed by atoms with van der Waals surface area (Å²) >= 11 is 0. The van der Waals surface area contributed by atoms with Crippen LogP contribution >= 0.6 is 24.8 Å². The first-order valence-corrected chi connectivity index (χ1v) is 8.80. The Labute approximate surface area is 161 Å². The number of hydrogen-bond acceptors (Lipinski definition) is 5. The van der Waals surface area contributed by atoms with Gasteiger partial charge in [0, 0.05) is 37.4 Å². The molecule has 1 aromatic heterocycles. The summed E-state index contributed by atoms with van der Waals surface area (Å²) in [5, 5.41) is 6.69. The van der Waals surface area contributed by atoms with Crippen molar-refractivity contribution < 1.29 is 4.79 Å². The number of aromatic nitrogens is 2. The second kappa shape index (κ2) is 8.52. The Bertz CT molecular complexity index is 567. The van der Waals surface area contributed by atoms with Crippen LogP contribution in [-0.2, 0) is 4.79 Å². The van der Waals surface area contributed by atoms with Crippen molar-refractivity contribution in [2.75, 3.05) is 31.1 Å². The zero-order valence-electron chi connectivity index (χ0n) is 14.3. The van der Waals surface area contributed by atoms with Crippen LogP contribution < -0.4 is 15.5 Å². The van der Waals surface area contributed by atoms with Crippen LogP contribution in [0.1, 0.15) is 32.1 Å². The molecule has 0 bridgehead atoms. The predicted molar refractivity (Wildman–Crippen MR) is 103 cm³/mol. The summed E-state index contributed by atoms with van der Waals surface area (Å²) in [6.45, 7) is 3.91. The number of halogens is 2. The molecule has 2 atom stereocenters. The van der Waals surface area contributed by atoms with E-state index in [9.17, 15) is 4.79 Å². The molecule has 0 aromatic carbocycles. The van der Waals surface area contributed by atoms with E-state index in [1.165, 1.54) is 0 Å². The van der Waals surface area contributed by atoms with Gasteiger partial charge in [-0.3, -0.25) is 4.79 Å². The van der Waals surface area contributed by atoms with Gasteiger partial charge in [0.15, 0.2) is 0 Å². The number of rotatable bonds is 3. The van der Waals surface area contributed by atoms with Gasteiger partial charge in [0.05, 0.1) is 0 Å². The average Bonchev–Trinajstić information content (AvgIpc) is 3.30. The van der Waals surface area contributed by atoms with Crippen LogP contribution in [0.5, 0.6) is 0 Å². The molecule has 3 aliphatic rings. The van der Waals surface area contributed by atoms with E-state index in [4.69, 9.17) is 0 Å². The first-order chi connectivity index (χ1) is 11.3. The molecule has 2 saturated heterocycles. The summed E-state index contributed by atoms with van der Waals surface area (Å²) in [5.74, 6) is 1.29. The van der Waals surface area contributed by atoms with Crippen LogP contribution in [0.2, 0.25) is 0 Å². The van der Waals surface area contributed by atoms with Crippen molar-refractivity contribution in [3.8, 4) is 0 Å². The molecule has 140 valence electrons. The van der Waals surface area contributed by atoms with E-state index >= 15 is 0 Å². The fraction of sp³-hybridized carbons (Fsp3) is 0.706. The van der Waals surface area contributed by atoms with Crippen LogP contribution in [-0.4, -0.2) is 48.1 Å². The molecule has 8 heteroatoms. The molecule has 3 fully saturated rings. The second-order valence-electron chi connectivity index (χ2n) is 7.21.